The first kappa shape index (κ1) is 19.6. The molecule has 0 unspecified atom stereocenters. The van der Waals surface area contributed by atoms with Crippen LogP contribution in [0.5, 0.6) is 0 Å². The van der Waals surface area contributed by atoms with Gasteiger partial charge in [-0.1, -0.05) is 0 Å². The number of anilines is 1. The van der Waals surface area contributed by atoms with Crippen molar-refractivity contribution in [3.05, 3.63) is 11.1 Å². The van der Waals surface area contributed by atoms with Crippen LogP contribution in [0.25, 0.3) is 0 Å². The molecule has 3 fully saturated rings. The minimum Gasteiger partial charge on any atom is -0.375 e. The number of aryl methyl sites for hydroxylation is 1. The Balaban J connectivity index is 1.47. The summed E-state index contributed by atoms with van der Waals surface area (Å²) in [7, 11) is 4.14. The standard InChI is InChI=1S/C20H31N5O2S/c1-23(2)11-17-14-8-13(16-4-3-5-19(27)25(16)17)9-24(10-14)18(26)7-6-15-12-28-20(21)22-15/h12-14,16-17H,3-11H2,1-2H3,(H2,21,22)/t13-,14+,16+,17+/m1/s1. The fraction of sp³-hybridized carbons (Fsp3) is 0.750. The number of piperidine rings is 3. The summed E-state index contributed by atoms with van der Waals surface area (Å²) in [6.07, 6.45) is 5.00. The fourth-order valence-electron chi connectivity index (χ4n) is 5.42. The Morgan fingerprint density at radius 3 is 2.86 bits per heavy atom. The van der Waals surface area contributed by atoms with E-state index in [4.69, 9.17) is 5.73 Å². The van der Waals surface area contributed by atoms with Crippen molar-refractivity contribution in [2.24, 2.45) is 11.8 Å². The van der Waals surface area contributed by atoms with E-state index < -0.39 is 0 Å². The molecule has 4 atom stereocenters. The van der Waals surface area contributed by atoms with Gasteiger partial charge in [-0.2, -0.15) is 0 Å². The molecule has 2 amide bonds. The summed E-state index contributed by atoms with van der Waals surface area (Å²) in [4.78, 5) is 36.4. The summed E-state index contributed by atoms with van der Waals surface area (Å²) in [6, 6.07) is 0.523. The van der Waals surface area contributed by atoms with Crippen LogP contribution < -0.4 is 5.73 Å². The largest absolute Gasteiger partial charge is 0.375 e. The Morgan fingerprint density at radius 2 is 2.14 bits per heavy atom. The quantitative estimate of drug-likeness (QED) is 0.802. The molecule has 0 spiro atoms. The number of fused-ring (bicyclic) bond motifs is 4. The number of thiazole rings is 1. The van der Waals surface area contributed by atoms with Gasteiger partial charge in [0.05, 0.1) is 5.69 Å². The molecule has 3 saturated heterocycles. The molecule has 0 aromatic carbocycles. The van der Waals surface area contributed by atoms with Crippen LogP contribution in [0.2, 0.25) is 0 Å². The Bertz CT molecular complexity index is 736. The minimum absolute atomic E-state index is 0.209. The molecule has 2 bridgehead atoms. The number of likely N-dealkylation sites (N-methyl/N-ethyl adjacent to an activating group) is 1. The molecule has 7 nitrogen and oxygen atoms in total. The van der Waals surface area contributed by atoms with E-state index in [1.165, 1.54) is 11.3 Å². The molecule has 2 N–H and O–H groups in total. The van der Waals surface area contributed by atoms with Gasteiger partial charge in [-0.05, 0) is 51.6 Å². The zero-order valence-corrected chi connectivity index (χ0v) is 17.7. The Hall–Kier alpha value is -1.67. The maximum atomic E-state index is 12.9. The first-order chi connectivity index (χ1) is 13.4. The van der Waals surface area contributed by atoms with Gasteiger partial charge in [-0.25, -0.2) is 4.98 Å². The van der Waals surface area contributed by atoms with Crippen molar-refractivity contribution >= 4 is 28.3 Å². The molecule has 8 heteroatoms. The monoisotopic (exact) mass is 405 g/mol. The van der Waals surface area contributed by atoms with E-state index in [1.807, 2.05) is 5.38 Å². The van der Waals surface area contributed by atoms with Crippen LogP contribution in [0, 0.1) is 11.8 Å². The smallest absolute Gasteiger partial charge is 0.223 e. The van der Waals surface area contributed by atoms with Crippen LogP contribution in [0.1, 0.15) is 37.8 Å². The number of nitrogens with zero attached hydrogens (tertiary/aromatic N) is 4. The number of likely N-dealkylation sites (tertiary alicyclic amines) is 1. The maximum Gasteiger partial charge on any atom is 0.223 e. The first-order valence-electron chi connectivity index (χ1n) is 10.4. The number of carbonyl (C=O) groups is 2. The van der Waals surface area contributed by atoms with Gasteiger partial charge in [0.1, 0.15) is 0 Å². The van der Waals surface area contributed by atoms with Crippen LogP contribution >= 0.6 is 11.3 Å². The van der Waals surface area contributed by atoms with E-state index in [-0.39, 0.29) is 11.9 Å². The zero-order chi connectivity index (χ0) is 19.8. The van der Waals surface area contributed by atoms with Crippen LogP contribution in [0.15, 0.2) is 5.38 Å². The van der Waals surface area contributed by atoms with Crippen LogP contribution in [-0.4, -0.2) is 77.3 Å². The first-order valence-corrected chi connectivity index (χ1v) is 11.2. The molecule has 3 aliphatic heterocycles. The lowest BCUT2D eigenvalue weighted by Crippen LogP contribution is -2.67. The third-order valence-corrected chi connectivity index (χ3v) is 7.29. The number of carbonyl (C=O) groups excluding carboxylic acids is 2. The Kier molecular flexibility index (Phi) is 5.60. The van der Waals surface area contributed by atoms with Crippen LogP contribution in [0.3, 0.4) is 0 Å². The number of hydrogen-bond acceptors (Lipinski definition) is 6. The Morgan fingerprint density at radius 1 is 1.36 bits per heavy atom. The second kappa shape index (κ2) is 7.99. The molecule has 28 heavy (non-hydrogen) atoms. The molecule has 3 aliphatic rings. The van der Waals surface area contributed by atoms with Gasteiger partial charge in [-0.15, -0.1) is 11.3 Å². The number of aromatic nitrogens is 1. The van der Waals surface area contributed by atoms with Gasteiger partial charge >= 0.3 is 0 Å². The predicted molar refractivity (Wildman–Crippen MR) is 110 cm³/mol. The maximum absolute atomic E-state index is 12.9. The molecule has 1 aromatic rings. The highest BCUT2D eigenvalue weighted by Gasteiger charge is 2.49. The molecular formula is C20H31N5O2S. The number of nitrogen functional groups attached to an aromatic ring is 1. The highest BCUT2D eigenvalue weighted by molar-refractivity contribution is 7.13. The summed E-state index contributed by atoms with van der Waals surface area (Å²) in [5.74, 6) is 1.32. The number of hydrogen-bond donors (Lipinski definition) is 1. The molecule has 1 aromatic heterocycles. The number of nitrogens with two attached hydrogens (primary N) is 1. The summed E-state index contributed by atoms with van der Waals surface area (Å²) in [5.41, 5.74) is 6.60. The summed E-state index contributed by atoms with van der Waals surface area (Å²) in [5, 5.41) is 2.50. The average Bonchev–Trinajstić information content (AvgIpc) is 3.08. The molecule has 4 heterocycles. The lowest BCUT2D eigenvalue weighted by atomic mass is 9.72. The third-order valence-electron chi connectivity index (χ3n) is 6.57. The highest BCUT2D eigenvalue weighted by Crippen LogP contribution is 2.41. The van der Waals surface area contributed by atoms with Gasteiger partial charge in [0.25, 0.3) is 0 Å². The van der Waals surface area contributed by atoms with E-state index >= 15 is 0 Å². The highest BCUT2D eigenvalue weighted by atomic mass is 32.1. The van der Waals surface area contributed by atoms with Crippen molar-refractivity contribution in [1.82, 2.24) is 19.7 Å². The fourth-order valence-corrected chi connectivity index (χ4v) is 6.02. The molecule has 4 rings (SSSR count). The second-order valence-electron chi connectivity index (χ2n) is 8.82. The summed E-state index contributed by atoms with van der Waals surface area (Å²) in [6.45, 7) is 2.43. The molecule has 154 valence electrons. The van der Waals surface area contributed by atoms with Crippen molar-refractivity contribution in [2.45, 2.75) is 50.6 Å². The SMILES string of the molecule is CN(C)C[C@H]1[C@H]2C[C@H](CN(C(=O)CCc3csc(N)n3)C2)[C@@H]2CCCC(=O)N21. The third kappa shape index (κ3) is 3.89. The molecular weight excluding hydrogens is 374 g/mol. The average molecular weight is 406 g/mol. The van der Waals surface area contributed by atoms with Crippen LogP contribution in [-0.2, 0) is 16.0 Å². The lowest BCUT2D eigenvalue weighted by molar-refractivity contribution is -0.157. The van der Waals surface area contributed by atoms with Gasteiger partial charge in [0.15, 0.2) is 5.13 Å². The zero-order valence-electron chi connectivity index (χ0n) is 16.8. The van der Waals surface area contributed by atoms with Crippen molar-refractivity contribution in [3.63, 3.8) is 0 Å². The van der Waals surface area contributed by atoms with Crippen molar-refractivity contribution < 1.29 is 9.59 Å². The Labute approximate surface area is 170 Å². The van der Waals surface area contributed by atoms with E-state index in [9.17, 15) is 9.59 Å². The van der Waals surface area contributed by atoms with Gasteiger partial charge < -0.3 is 20.4 Å². The molecule has 0 saturated carbocycles. The van der Waals surface area contributed by atoms with E-state index in [0.29, 0.717) is 48.2 Å². The number of rotatable bonds is 5. The van der Waals surface area contributed by atoms with E-state index in [2.05, 4.69) is 33.8 Å². The van der Waals surface area contributed by atoms with Gasteiger partial charge in [-0.3, -0.25) is 9.59 Å². The van der Waals surface area contributed by atoms with Crippen molar-refractivity contribution in [2.75, 3.05) is 39.5 Å². The van der Waals surface area contributed by atoms with Crippen molar-refractivity contribution in [3.8, 4) is 0 Å². The van der Waals surface area contributed by atoms with E-state index in [1.54, 1.807) is 0 Å². The van der Waals surface area contributed by atoms with Crippen LogP contribution in [0.4, 0.5) is 5.13 Å². The summed E-state index contributed by atoms with van der Waals surface area (Å²) >= 11 is 1.42. The summed E-state index contributed by atoms with van der Waals surface area (Å²) < 4.78 is 0. The van der Waals surface area contributed by atoms with Crippen molar-refractivity contribution in [1.29, 1.82) is 0 Å². The molecule has 0 radical (unpaired) electrons. The predicted octanol–water partition coefficient (Wildman–Crippen LogP) is 1.45. The number of amides is 2. The lowest BCUT2D eigenvalue weighted by Gasteiger charge is -2.57. The molecule has 0 aliphatic carbocycles. The topological polar surface area (TPSA) is 82.8 Å². The van der Waals surface area contributed by atoms with Gasteiger partial charge in [0, 0.05) is 49.9 Å². The van der Waals surface area contributed by atoms with E-state index in [0.717, 1.165) is 44.6 Å². The van der Waals surface area contributed by atoms with Gasteiger partial charge in [0.2, 0.25) is 11.8 Å². The minimum atomic E-state index is 0.209. The second-order valence-corrected chi connectivity index (χ2v) is 9.71. The normalized spacial score (nSPS) is 29.9.